The van der Waals surface area contributed by atoms with E-state index in [4.69, 9.17) is 0 Å². The van der Waals surface area contributed by atoms with Gasteiger partial charge in [-0.25, -0.2) is 0 Å². The van der Waals surface area contributed by atoms with Crippen molar-refractivity contribution in [2.75, 3.05) is 38.5 Å². The number of hydrogen-bond donors (Lipinski definition) is 1. The van der Waals surface area contributed by atoms with Crippen molar-refractivity contribution in [3.8, 4) is 0 Å². The number of nitrogens with one attached hydrogen (secondary N) is 1. The molecular formula is C22H32N6O2S. The number of piperazine rings is 1. The summed E-state index contributed by atoms with van der Waals surface area (Å²) in [5, 5.41) is 12.3. The number of carbonyl (C=O) groups excluding carboxylic acids is 2. The van der Waals surface area contributed by atoms with Crippen LogP contribution in [0.15, 0.2) is 35.5 Å². The summed E-state index contributed by atoms with van der Waals surface area (Å²) >= 11 is 1.42. The van der Waals surface area contributed by atoms with Crippen molar-refractivity contribution in [2.24, 2.45) is 7.05 Å². The molecule has 8 nitrogen and oxygen atoms in total. The summed E-state index contributed by atoms with van der Waals surface area (Å²) in [4.78, 5) is 28.7. The van der Waals surface area contributed by atoms with Crippen LogP contribution in [-0.2, 0) is 23.1 Å². The zero-order valence-electron chi connectivity index (χ0n) is 18.8. The van der Waals surface area contributed by atoms with Crippen LogP contribution in [0.3, 0.4) is 0 Å². The van der Waals surface area contributed by atoms with Crippen molar-refractivity contribution in [1.29, 1.82) is 0 Å². The third kappa shape index (κ3) is 7.07. The van der Waals surface area contributed by atoms with Crippen molar-refractivity contribution in [1.82, 2.24) is 29.9 Å². The van der Waals surface area contributed by atoms with Gasteiger partial charge < -0.3 is 14.8 Å². The Morgan fingerprint density at radius 2 is 1.74 bits per heavy atom. The minimum atomic E-state index is -0.229. The lowest BCUT2D eigenvalue weighted by Gasteiger charge is -2.34. The van der Waals surface area contributed by atoms with Gasteiger partial charge in [-0.3, -0.25) is 14.5 Å². The lowest BCUT2D eigenvalue weighted by Crippen LogP contribution is -2.53. The fraction of sp³-hybridized carbons (Fsp3) is 0.545. The molecule has 2 aromatic rings. The SMILES string of the molecule is Cn1c(Cc2ccccc2)nnc1SCC(=O)N1CCN(CC(=O)NC(C)(C)C)CC1. The molecule has 1 aliphatic rings. The molecule has 2 amide bonds. The Bertz CT molecular complexity index is 885. The summed E-state index contributed by atoms with van der Waals surface area (Å²) in [7, 11) is 1.94. The molecule has 0 radical (unpaired) electrons. The highest BCUT2D eigenvalue weighted by molar-refractivity contribution is 7.99. The van der Waals surface area contributed by atoms with Crippen molar-refractivity contribution >= 4 is 23.6 Å². The molecule has 0 atom stereocenters. The Morgan fingerprint density at radius 3 is 2.39 bits per heavy atom. The number of benzene rings is 1. The zero-order chi connectivity index (χ0) is 22.4. The smallest absolute Gasteiger partial charge is 0.234 e. The van der Waals surface area contributed by atoms with E-state index in [1.54, 1.807) is 0 Å². The molecule has 2 heterocycles. The third-order valence-electron chi connectivity index (χ3n) is 5.06. The number of amides is 2. The Labute approximate surface area is 188 Å². The van der Waals surface area contributed by atoms with Crippen molar-refractivity contribution in [2.45, 2.75) is 37.9 Å². The molecule has 0 spiro atoms. The van der Waals surface area contributed by atoms with E-state index < -0.39 is 0 Å². The van der Waals surface area contributed by atoms with Gasteiger partial charge in [-0.1, -0.05) is 42.1 Å². The second kappa shape index (κ2) is 10.3. The predicted octanol–water partition coefficient (Wildman–Crippen LogP) is 1.56. The Morgan fingerprint density at radius 1 is 1.06 bits per heavy atom. The summed E-state index contributed by atoms with van der Waals surface area (Å²) in [5.74, 6) is 1.33. The maximum Gasteiger partial charge on any atom is 0.234 e. The number of hydrogen-bond acceptors (Lipinski definition) is 6. The molecule has 31 heavy (non-hydrogen) atoms. The molecular weight excluding hydrogens is 412 g/mol. The van der Waals surface area contributed by atoms with Crippen LogP contribution < -0.4 is 5.32 Å². The van der Waals surface area contributed by atoms with Gasteiger partial charge in [0.15, 0.2) is 5.16 Å². The van der Waals surface area contributed by atoms with E-state index in [1.165, 1.54) is 17.3 Å². The third-order valence-corrected chi connectivity index (χ3v) is 6.07. The normalized spacial score (nSPS) is 15.2. The summed E-state index contributed by atoms with van der Waals surface area (Å²) in [6.45, 7) is 8.98. The molecule has 9 heteroatoms. The van der Waals surface area contributed by atoms with Crippen LogP contribution in [0.25, 0.3) is 0 Å². The van der Waals surface area contributed by atoms with E-state index in [9.17, 15) is 9.59 Å². The first-order valence-corrected chi connectivity index (χ1v) is 11.6. The van der Waals surface area contributed by atoms with Crippen LogP contribution in [0.4, 0.5) is 0 Å². The molecule has 0 bridgehead atoms. The number of carbonyl (C=O) groups is 2. The first kappa shape index (κ1) is 23.3. The van der Waals surface area contributed by atoms with E-state index in [-0.39, 0.29) is 17.4 Å². The van der Waals surface area contributed by atoms with Gasteiger partial charge in [0.1, 0.15) is 5.82 Å². The van der Waals surface area contributed by atoms with E-state index in [0.29, 0.717) is 44.9 Å². The van der Waals surface area contributed by atoms with E-state index in [2.05, 4.69) is 32.5 Å². The molecule has 1 aromatic carbocycles. The van der Waals surface area contributed by atoms with E-state index >= 15 is 0 Å². The maximum atomic E-state index is 12.6. The molecule has 0 aliphatic carbocycles. The van der Waals surface area contributed by atoms with Gasteiger partial charge in [0.25, 0.3) is 0 Å². The molecule has 0 unspecified atom stereocenters. The van der Waals surface area contributed by atoms with Crippen LogP contribution in [0.5, 0.6) is 0 Å². The van der Waals surface area contributed by atoms with Crippen LogP contribution >= 0.6 is 11.8 Å². The number of nitrogens with zero attached hydrogens (tertiary/aromatic N) is 5. The lowest BCUT2D eigenvalue weighted by molar-refractivity contribution is -0.130. The van der Waals surface area contributed by atoms with Gasteiger partial charge >= 0.3 is 0 Å². The highest BCUT2D eigenvalue weighted by atomic mass is 32.2. The fourth-order valence-electron chi connectivity index (χ4n) is 3.44. The molecule has 1 aromatic heterocycles. The average Bonchev–Trinajstić information content (AvgIpc) is 3.05. The van der Waals surface area contributed by atoms with Crippen LogP contribution in [0, 0.1) is 0 Å². The van der Waals surface area contributed by atoms with Crippen molar-refractivity contribution in [3.63, 3.8) is 0 Å². The summed E-state index contributed by atoms with van der Waals surface area (Å²) < 4.78 is 1.96. The number of aromatic nitrogens is 3. The summed E-state index contributed by atoms with van der Waals surface area (Å²) in [5.41, 5.74) is 0.951. The molecule has 1 saturated heterocycles. The number of rotatable bonds is 7. The highest BCUT2D eigenvalue weighted by Crippen LogP contribution is 2.18. The van der Waals surface area contributed by atoms with Crippen LogP contribution in [0.2, 0.25) is 0 Å². The van der Waals surface area contributed by atoms with Gasteiger partial charge in [0.05, 0.1) is 12.3 Å². The first-order chi connectivity index (χ1) is 14.7. The largest absolute Gasteiger partial charge is 0.350 e. The first-order valence-electron chi connectivity index (χ1n) is 10.6. The fourth-order valence-corrected chi connectivity index (χ4v) is 4.27. The molecule has 1 N–H and O–H groups in total. The van der Waals surface area contributed by atoms with Gasteiger partial charge in [-0.05, 0) is 26.3 Å². The van der Waals surface area contributed by atoms with Crippen molar-refractivity contribution < 1.29 is 9.59 Å². The predicted molar refractivity (Wildman–Crippen MR) is 122 cm³/mol. The monoisotopic (exact) mass is 444 g/mol. The Kier molecular flexibility index (Phi) is 7.72. The molecule has 168 valence electrons. The molecule has 3 rings (SSSR count). The maximum absolute atomic E-state index is 12.6. The second-order valence-corrected chi connectivity index (χ2v) is 9.81. The molecule has 0 saturated carbocycles. The second-order valence-electron chi connectivity index (χ2n) is 8.86. The van der Waals surface area contributed by atoms with E-state index in [0.717, 1.165) is 11.0 Å². The number of thioether (sulfide) groups is 1. The van der Waals surface area contributed by atoms with E-state index in [1.807, 2.05) is 55.5 Å². The summed E-state index contributed by atoms with van der Waals surface area (Å²) in [6, 6.07) is 10.1. The summed E-state index contributed by atoms with van der Waals surface area (Å²) in [6.07, 6.45) is 0.712. The minimum absolute atomic E-state index is 0.0245. The Balaban J connectivity index is 1.43. The van der Waals surface area contributed by atoms with Crippen LogP contribution in [-0.4, -0.2) is 80.4 Å². The van der Waals surface area contributed by atoms with Gasteiger partial charge in [-0.2, -0.15) is 0 Å². The molecule has 1 fully saturated rings. The quantitative estimate of drug-likeness (QED) is 0.653. The zero-order valence-corrected chi connectivity index (χ0v) is 19.6. The topological polar surface area (TPSA) is 83.4 Å². The molecule has 1 aliphatic heterocycles. The average molecular weight is 445 g/mol. The van der Waals surface area contributed by atoms with Gasteiger partial charge in [0, 0.05) is 45.2 Å². The van der Waals surface area contributed by atoms with Gasteiger partial charge in [0.2, 0.25) is 11.8 Å². The standard InChI is InChI=1S/C22H32N6O2S/c1-22(2,3)23-19(29)15-27-10-12-28(13-11-27)20(30)16-31-21-25-24-18(26(21)4)14-17-8-6-5-7-9-17/h5-9H,10-16H2,1-4H3,(H,23,29). The van der Waals surface area contributed by atoms with Crippen LogP contribution in [0.1, 0.15) is 32.2 Å². The van der Waals surface area contributed by atoms with Crippen molar-refractivity contribution in [3.05, 3.63) is 41.7 Å². The van der Waals surface area contributed by atoms with Gasteiger partial charge in [-0.15, -0.1) is 10.2 Å². The lowest BCUT2D eigenvalue weighted by atomic mass is 10.1. The highest BCUT2D eigenvalue weighted by Gasteiger charge is 2.24. The minimum Gasteiger partial charge on any atom is -0.350 e. The Hall–Kier alpha value is -2.39.